The number of nitrogens with zero attached hydrogens (tertiary/aromatic N) is 1. The zero-order valence-electron chi connectivity index (χ0n) is 12.3. The lowest BCUT2D eigenvalue weighted by Gasteiger charge is -2.27. The Morgan fingerprint density at radius 1 is 1.32 bits per heavy atom. The lowest BCUT2D eigenvalue weighted by molar-refractivity contribution is 0.200. The summed E-state index contributed by atoms with van der Waals surface area (Å²) < 4.78 is 28.3. The fourth-order valence-electron chi connectivity index (χ4n) is 2.33. The van der Waals surface area contributed by atoms with Gasteiger partial charge in [0.05, 0.1) is 17.2 Å². The van der Waals surface area contributed by atoms with E-state index in [0.717, 1.165) is 19.3 Å². The molecule has 1 saturated heterocycles. The number of rotatable bonds is 4. The maximum atomic E-state index is 12.3. The van der Waals surface area contributed by atoms with Crippen molar-refractivity contribution in [1.29, 1.82) is 0 Å². The molecule has 6 nitrogen and oxygen atoms in total. The molecule has 1 aliphatic heterocycles. The van der Waals surface area contributed by atoms with E-state index < -0.39 is 9.05 Å². The molecule has 1 N–H and O–H groups in total. The second kappa shape index (κ2) is 7.19. The van der Waals surface area contributed by atoms with Crippen LogP contribution in [0.25, 0.3) is 0 Å². The molecule has 0 spiro atoms. The Balaban J connectivity index is 2.24. The molecular weight excluding hydrogens is 328 g/mol. The maximum absolute atomic E-state index is 12.3. The molecule has 0 saturated carbocycles. The minimum absolute atomic E-state index is 0.0773. The highest BCUT2D eigenvalue weighted by atomic mass is 35.7. The van der Waals surface area contributed by atoms with Crippen LogP contribution in [0.1, 0.15) is 26.2 Å². The van der Waals surface area contributed by atoms with Gasteiger partial charge in [-0.1, -0.05) is 0 Å². The molecule has 1 heterocycles. The van der Waals surface area contributed by atoms with E-state index in [4.69, 9.17) is 15.4 Å². The van der Waals surface area contributed by atoms with Crippen LogP contribution < -0.4 is 10.1 Å². The molecule has 0 aromatic heterocycles. The van der Waals surface area contributed by atoms with Crippen LogP contribution in [0.5, 0.6) is 5.75 Å². The van der Waals surface area contributed by atoms with Crippen LogP contribution in [0.4, 0.5) is 10.5 Å². The summed E-state index contributed by atoms with van der Waals surface area (Å²) in [6.45, 7) is 3.61. The summed E-state index contributed by atoms with van der Waals surface area (Å²) in [5, 5.41) is 2.72. The van der Waals surface area contributed by atoms with Crippen molar-refractivity contribution in [3.63, 3.8) is 0 Å². The van der Waals surface area contributed by atoms with Crippen LogP contribution in [-0.2, 0) is 9.05 Å². The van der Waals surface area contributed by atoms with E-state index in [1.54, 1.807) is 4.90 Å². The number of benzene rings is 1. The summed E-state index contributed by atoms with van der Waals surface area (Å²) >= 11 is 0. The zero-order chi connectivity index (χ0) is 16.2. The number of piperidine rings is 1. The minimum Gasteiger partial charge on any atom is -0.492 e. The number of urea groups is 1. The Hall–Kier alpha value is -1.47. The van der Waals surface area contributed by atoms with E-state index in [-0.39, 0.29) is 10.9 Å². The fourth-order valence-corrected chi connectivity index (χ4v) is 3.11. The lowest BCUT2D eigenvalue weighted by Crippen LogP contribution is -2.38. The number of hydrogen-bond acceptors (Lipinski definition) is 4. The molecule has 1 aromatic carbocycles. The first-order valence-electron chi connectivity index (χ1n) is 7.19. The number of halogens is 1. The van der Waals surface area contributed by atoms with Crippen LogP contribution in [0.3, 0.4) is 0 Å². The van der Waals surface area contributed by atoms with Crippen molar-refractivity contribution in [2.75, 3.05) is 25.0 Å². The van der Waals surface area contributed by atoms with Gasteiger partial charge in [0.25, 0.3) is 9.05 Å². The molecule has 2 rings (SSSR count). The van der Waals surface area contributed by atoms with E-state index >= 15 is 0 Å². The number of carbonyl (C=O) groups is 1. The van der Waals surface area contributed by atoms with Crippen LogP contribution in [0.15, 0.2) is 23.1 Å². The first-order valence-corrected chi connectivity index (χ1v) is 9.50. The molecule has 122 valence electrons. The number of likely N-dealkylation sites (tertiary alicyclic amines) is 1. The van der Waals surface area contributed by atoms with Crippen LogP contribution >= 0.6 is 10.7 Å². The molecule has 0 unspecified atom stereocenters. The van der Waals surface area contributed by atoms with Gasteiger partial charge in [-0.25, -0.2) is 13.2 Å². The molecule has 1 aromatic rings. The average molecular weight is 347 g/mol. The molecule has 0 atom stereocenters. The van der Waals surface area contributed by atoms with Gasteiger partial charge in [-0.05, 0) is 44.4 Å². The molecule has 0 aliphatic carbocycles. The van der Waals surface area contributed by atoms with Crippen molar-refractivity contribution in [1.82, 2.24) is 4.90 Å². The topological polar surface area (TPSA) is 75.7 Å². The van der Waals surface area contributed by atoms with E-state index in [1.165, 1.54) is 18.2 Å². The molecule has 2 amide bonds. The average Bonchev–Trinajstić information content (AvgIpc) is 2.49. The number of hydrogen-bond donors (Lipinski definition) is 1. The Kier molecular flexibility index (Phi) is 5.52. The van der Waals surface area contributed by atoms with Gasteiger partial charge in [0.1, 0.15) is 5.75 Å². The van der Waals surface area contributed by atoms with Gasteiger partial charge < -0.3 is 15.0 Å². The van der Waals surface area contributed by atoms with Gasteiger partial charge in [-0.3, -0.25) is 0 Å². The van der Waals surface area contributed by atoms with Crippen molar-refractivity contribution < 1.29 is 17.9 Å². The number of carbonyl (C=O) groups excluding carboxylic acids is 1. The van der Waals surface area contributed by atoms with E-state index in [1.807, 2.05) is 6.92 Å². The van der Waals surface area contributed by atoms with Gasteiger partial charge >= 0.3 is 6.03 Å². The van der Waals surface area contributed by atoms with Gasteiger partial charge in [-0.2, -0.15) is 0 Å². The SMILES string of the molecule is CCOc1ccc(S(=O)(=O)Cl)cc1NC(=O)N1CCCCC1. The van der Waals surface area contributed by atoms with Gasteiger partial charge in [0, 0.05) is 23.8 Å². The second-order valence-corrected chi connectivity index (χ2v) is 7.57. The first-order chi connectivity index (χ1) is 10.4. The number of anilines is 1. The van der Waals surface area contributed by atoms with Crippen molar-refractivity contribution >= 4 is 31.5 Å². The van der Waals surface area contributed by atoms with Crippen LogP contribution in [0.2, 0.25) is 0 Å². The summed E-state index contributed by atoms with van der Waals surface area (Å²) in [7, 11) is 1.49. The Morgan fingerprint density at radius 3 is 2.59 bits per heavy atom. The predicted molar refractivity (Wildman–Crippen MR) is 85.1 cm³/mol. The molecule has 8 heteroatoms. The largest absolute Gasteiger partial charge is 0.492 e. The Labute approximate surface area is 134 Å². The predicted octanol–water partition coefficient (Wildman–Crippen LogP) is 3.03. The van der Waals surface area contributed by atoms with Crippen LogP contribution in [0, 0.1) is 0 Å². The molecule has 22 heavy (non-hydrogen) atoms. The highest BCUT2D eigenvalue weighted by Crippen LogP contribution is 2.29. The lowest BCUT2D eigenvalue weighted by atomic mass is 10.1. The van der Waals surface area contributed by atoms with Crippen molar-refractivity contribution in [3.05, 3.63) is 18.2 Å². The molecular formula is C14H19ClN2O4S. The van der Waals surface area contributed by atoms with Gasteiger partial charge in [-0.15, -0.1) is 0 Å². The van der Waals surface area contributed by atoms with E-state index in [0.29, 0.717) is 31.1 Å². The quantitative estimate of drug-likeness (QED) is 0.850. The summed E-state index contributed by atoms with van der Waals surface area (Å²) in [5.41, 5.74) is 0.305. The fraction of sp³-hybridized carbons (Fsp3) is 0.500. The monoisotopic (exact) mass is 346 g/mol. The first kappa shape index (κ1) is 16.9. The van der Waals surface area contributed by atoms with Crippen molar-refractivity contribution in [3.8, 4) is 5.75 Å². The molecule has 0 bridgehead atoms. The number of amides is 2. The van der Waals surface area contributed by atoms with Crippen molar-refractivity contribution in [2.45, 2.75) is 31.1 Å². The third-order valence-corrected chi connectivity index (χ3v) is 4.77. The summed E-state index contributed by atoms with van der Waals surface area (Å²) in [4.78, 5) is 13.9. The molecule has 0 radical (unpaired) electrons. The minimum atomic E-state index is -3.87. The molecule has 1 aliphatic rings. The standard InChI is InChI=1S/C14H19ClN2O4S/c1-2-21-13-7-6-11(22(15,19)20)10-12(13)16-14(18)17-8-4-3-5-9-17/h6-7,10H,2-5,8-9H2,1H3,(H,16,18). The third kappa shape index (κ3) is 4.27. The maximum Gasteiger partial charge on any atom is 0.321 e. The van der Waals surface area contributed by atoms with Crippen LogP contribution in [-0.4, -0.2) is 39.0 Å². The second-order valence-electron chi connectivity index (χ2n) is 5.01. The highest BCUT2D eigenvalue weighted by Gasteiger charge is 2.19. The Morgan fingerprint density at radius 2 is 2.00 bits per heavy atom. The number of nitrogens with one attached hydrogen (secondary N) is 1. The normalized spacial score (nSPS) is 15.5. The summed E-state index contributed by atoms with van der Waals surface area (Å²) in [5.74, 6) is 0.414. The van der Waals surface area contributed by atoms with Crippen molar-refractivity contribution in [2.24, 2.45) is 0 Å². The zero-order valence-corrected chi connectivity index (χ0v) is 13.9. The molecule has 1 fully saturated rings. The van der Waals surface area contributed by atoms with Gasteiger partial charge in [0.2, 0.25) is 0 Å². The summed E-state index contributed by atoms with van der Waals surface area (Å²) in [6.07, 6.45) is 3.07. The highest BCUT2D eigenvalue weighted by molar-refractivity contribution is 8.13. The summed E-state index contributed by atoms with van der Waals surface area (Å²) in [6, 6.07) is 3.90. The van der Waals surface area contributed by atoms with E-state index in [2.05, 4.69) is 5.32 Å². The Bertz CT molecular complexity index is 642. The smallest absolute Gasteiger partial charge is 0.321 e. The number of ether oxygens (including phenoxy) is 1. The van der Waals surface area contributed by atoms with Gasteiger partial charge in [0.15, 0.2) is 0 Å². The third-order valence-electron chi connectivity index (χ3n) is 3.42. The van der Waals surface area contributed by atoms with E-state index in [9.17, 15) is 13.2 Å².